The van der Waals surface area contributed by atoms with Crippen molar-refractivity contribution in [3.8, 4) is 0 Å². The van der Waals surface area contributed by atoms with E-state index in [1.807, 2.05) is 0 Å². The van der Waals surface area contributed by atoms with Gasteiger partial charge in [0.15, 0.2) is 0 Å². The largest absolute Gasteiger partial charge is 0.401 e. The van der Waals surface area contributed by atoms with Crippen LogP contribution in [0.25, 0.3) is 0 Å². The van der Waals surface area contributed by atoms with E-state index in [4.69, 9.17) is 0 Å². The fraction of sp³-hybridized carbons (Fsp3) is 1.00. The number of nitrogens with zero attached hydrogens (tertiary/aromatic N) is 1. The molecule has 2 nitrogen and oxygen atoms in total. The molecule has 0 aromatic carbocycles. The Morgan fingerprint density at radius 2 is 1.76 bits per heavy atom. The Hall–Kier alpha value is -0.290. The van der Waals surface area contributed by atoms with Gasteiger partial charge >= 0.3 is 6.18 Å². The standard InChI is InChI=1S/C12H21F3N2/c13-12(14,15)10-17-8-4-7-16-11(9-17)5-2-1-3-6-11/h16H,1-10H2. The van der Waals surface area contributed by atoms with Crippen molar-refractivity contribution in [1.82, 2.24) is 10.2 Å². The summed E-state index contributed by atoms with van der Waals surface area (Å²) in [4.78, 5) is 1.59. The number of alkyl halides is 3. The fourth-order valence-corrected chi connectivity index (χ4v) is 3.17. The fourth-order valence-electron chi connectivity index (χ4n) is 3.17. The molecule has 0 aromatic rings. The van der Waals surface area contributed by atoms with Crippen LogP contribution in [0.2, 0.25) is 0 Å². The highest BCUT2D eigenvalue weighted by atomic mass is 19.4. The second kappa shape index (κ2) is 5.14. The van der Waals surface area contributed by atoms with Crippen LogP contribution in [0.15, 0.2) is 0 Å². The lowest BCUT2D eigenvalue weighted by Gasteiger charge is -2.40. The molecule has 0 unspecified atom stereocenters. The summed E-state index contributed by atoms with van der Waals surface area (Å²) < 4.78 is 37.4. The summed E-state index contributed by atoms with van der Waals surface area (Å²) in [5, 5.41) is 3.50. The van der Waals surface area contributed by atoms with Crippen molar-refractivity contribution >= 4 is 0 Å². The first-order valence-corrected chi connectivity index (χ1v) is 6.53. The molecule has 0 radical (unpaired) electrons. The van der Waals surface area contributed by atoms with E-state index in [1.165, 1.54) is 6.42 Å². The van der Waals surface area contributed by atoms with E-state index in [-0.39, 0.29) is 5.54 Å². The van der Waals surface area contributed by atoms with Crippen LogP contribution in [0.5, 0.6) is 0 Å². The molecule has 5 heteroatoms. The first kappa shape index (κ1) is 13.1. The highest BCUT2D eigenvalue weighted by molar-refractivity contribution is 4.95. The summed E-state index contributed by atoms with van der Waals surface area (Å²) in [6, 6.07) is 0. The molecule has 1 aliphatic heterocycles. The lowest BCUT2D eigenvalue weighted by atomic mass is 9.81. The first-order chi connectivity index (χ1) is 7.99. The lowest BCUT2D eigenvalue weighted by molar-refractivity contribution is -0.147. The Kier molecular flexibility index (Phi) is 3.98. The summed E-state index contributed by atoms with van der Waals surface area (Å²) in [5.74, 6) is 0. The molecule has 1 N–H and O–H groups in total. The van der Waals surface area contributed by atoms with Crippen molar-refractivity contribution in [2.24, 2.45) is 0 Å². The molecule has 1 saturated carbocycles. The van der Waals surface area contributed by atoms with Crippen LogP contribution in [-0.2, 0) is 0 Å². The monoisotopic (exact) mass is 250 g/mol. The summed E-state index contributed by atoms with van der Waals surface area (Å²) in [6.07, 6.45) is 2.32. The Labute approximate surface area is 101 Å². The smallest absolute Gasteiger partial charge is 0.310 e. The van der Waals surface area contributed by atoms with Crippen LogP contribution in [0.3, 0.4) is 0 Å². The highest BCUT2D eigenvalue weighted by Crippen LogP contribution is 2.31. The SMILES string of the molecule is FC(F)(F)CN1CCCNC2(CCCCC2)C1. The van der Waals surface area contributed by atoms with Crippen LogP contribution in [0.4, 0.5) is 13.2 Å². The molecule has 2 aliphatic rings. The van der Waals surface area contributed by atoms with Gasteiger partial charge in [-0.2, -0.15) is 13.2 Å². The van der Waals surface area contributed by atoms with Crippen LogP contribution in [0, 0.1) is 0 Å². The molecule has 0 aromatic heterocycles. The van der Waals surface area contributed by atoms with E-state index in [0.717, 1.165) is 38.6 Å². The maximum atomic E-state index is 12.5. The van der Waals surface area contributed by atoms with E-state index in [0.29, 0.717) is 13.1 Å². The molecule has 1 aliphatic carbocycles. The molecule has 1 spiro atoms. The van der Waals surface area contributed by atoms with E-state index in [9.17, 15) is 13.2 Å². The summed E-state index contributed by atoms with van der Waals surface area (Å²) in [7, 11) is 0. The van der Waals surface area contributed by atoms with Crippen molar-refractivity contribution in [1.29, 1.82) is 0 Å². The zero-order valence-corrected chi connectivity index (χ0v) is 10.2. The number of halogens is 3. The van der Waals surface area contributed by atoms with Crippen LogP contribution in [0.1, 0.15) is 38.5 Å². The van der Waals surface area contributed by atoms with E-state index in [1.54, 1.807) is 4.90 Å². The highest BCUT2D eigenvalue weighted by Gasteiger charge is 2.38. The third-order valence-corrected chi connectivity index (χ3v) is 3.89. The minimum atomic E-state index is -4.07. The number of rotatable bonds is 1. The van der Waals surface area contributed by atoms with Crippen LogP contribution in [-0.4, -0.2) is 42.8 Å². The van der Waals surface area contributed by atoms with Gasteiger partial charge in [0.25, 0.3) is 0 Å². The number of nitrogens with one attached hydrogen (secondary N) is 1. The zero-order valence-electron chi connectivity index (χ0n) is 10.2. The van der Waals surface area contributed by atoms with Crippen molar-refractivity contribution in [3.63, 3.8) is 0 Å². The van der Waals surface area contributed by atoms with Gasteiger partial charge in [0.2, 0.25) is 0 Å². The normalized spacial score (nSPS) is 27.0. The average Bonchev–Trinajstić information content (AvgIpc) is 2.40. The van der Waals surface area contributed by atoms with Gasteiger partial charge in [-0.3, -0.25) is 4.90 Å². The number of hydrogen-bond acceptors (Lipinski definition) is 2. The lowest BCUT2D eigenvalue weighted by Crippen LogP contribution is -2.53. The summed E-state index contributed by atoms with van der Waals surface area (Å²) in [5.41, 5.74) is -0.0417. The maximum Gasteiger partial charge on any atom is 0.401 e. The summed E-state index contributed by atoms with van der Waals surface area (Å²) in [6.45, 7) is 1.23. The Balaban J connectivity index is 1.98. The third kappa shape index (κ3) is 3.85. The van der Waals surface area contributed by atoms with Gasteiger partial charge in [-0.15, -0.1) is 0 Å². The predicted molar refractivity (Wildman–Crippen MR) is 60.9 cm³/mol. The minimum Gasteiger partial charge on any atom is -0.310 e. The minimum absolute atomic E-state index is 0.0417. The Bertz CT molecular complexity index is 247. The van der Waals surface area contributed by atoms with Gasteiger partial charge in [0, 0.05) is 12.1 Å². The topological polar surface area (TPSA) is 15.3 Å². The molecule has 1 heterocycles. The van der Waals surface area contributed by atoms with Crippen LogP contribution >= 0.6 is 0 Å². The second-order valence-electron chi connectivity index (χ2n) is 5.45. The van der Waals surface area contributed by atoms with E-state index >= 15 is 0 Å². The quantitative estimate of drug-likeness (QED) is 0.769. The van der Waals surface area contributed by atoms with Gasteiger partial charge in [0.1, 0.15) is 0 Å². The zero-order chi connectivity index (χ0) is 12.4. The van der Waals surface area contributed by atoms with Crippen molar-refractivity contribution in [2.75, 3.05) is 26.2 Å². The molecule has 1 saturated heterocycles. The van der Waals surface area contributed by atoms with Gasteiger partial charge in [-0.05, 0) is 32.4 Å². The predicted octanol–water partition coefficient (Wildman–Crippen LogP) is 2.55. The third-order valence-electron chi connectivity index (χ3n) is 3.89. The van der Waals surface area contributed by atoms with E-state index in [2.05, 4.69) is 5.32 Å². The van der Waals surface area contributed by atoms with Gasteiger partial charge in [-0.25, -0.2) is 0 Å². The molecule has 0 amide bonds. The molecule has 2 rings (SSSR count). The van der Waals surface area contributed by atoms with Crippen molar-refractivity contribution in [2.45, 2.75) is 50.2 Å². The molecule has 17 heavy (non-hydrogen) atoms. The Morgan fingerprint density at radius 1 is 1.06 bits per heavy atom. The van der Waals surface area contributed by atoms with Gasteiger partial charge < -0.3 is 5.32 Å². The molecule has 0 atom stereocenters. The van der Waals surface area contributed by atoms with Crippen molar-refractivity contribution in [3.05, 3.63) is 0 Å². The number of hydrogen-bond donors (Lipinski definition) is 1. The molecule has 100 valence electrons. The molecular weight excluding hydrogens is 229 g/mol. The molecule has 0 bridgehead atoms. The molecular formula is C12H21F3N2. The van der Waals surface area contributed by atoms with E-state index < -0.39 is 12.7 Å². The molecule has 2 fully saturated rings. The Morgan fingerprint density at radius 3 is 2.41 bits per heavy atom. The maximum absolute atomic E-state index is 12.5. The first-order valence-electron chi connectivity index (χ1n) is 6.53. The second-order valence-corrected chi connectivity index (χ2v) is 5.45. The van der Waals surface area contributed by atoms with Gasteiger partial charge in [-0.1, -0.05) is 19.3 Å². The average molecular weight is 250 g/mol. The van der Waals surface area contributed by atoms with Crippen molar-refractivity contribution < 1.29 is 13.2 Å². The van der Waals surface area contributed by atoms with Crippen LogP contribution < -0.4 is 5.32 Å². The van der Waals surface area contributed by atoms with Gasteiger partial charge in [0.05, 0.1) is 6.54 Å². The summed E-state index contributed by atoms with van der Waals surface area (Å²) >= 11 is 0.